The Morgan fingerprint density at radius 2 is 1.87 bits per heavy atom. The highest BCUT2D eigenvalue weighted by Gasteiger charge is 2.15. The largest absolute Gasteiger partial charge is 0.492 e. The van der Waals surface area contributed by atoms with Crippen LogP contribution >= 0.6 is 0 Å². The maximum atomic E-state index is 11.4. The van der Waals surface area contributed by atoms with Gasteiger partial charge in [0.2, 0.25) is 0 Å². The summed E-state index contributed by atoms with van der Waals surface area (Å²) in [5, 5.41) is 18.9. The molecule has 2 aromatic carbocycles. The summed E-state index contributed by atoms with van der Waals surface area (Å²) in [6.45, 7) is 6.99. The first-order chi connectivity index (χ1) is 14.3. The first kappa shape index (κ1) is 21.1. The van der Waals surface area contributed by atoms with Crippen LogP contribution in [0.3, 0.4) is 0 Å². The highest BCUT2D eigenvalue weighted by Crippen LogP contribution is 2.28. The van der Waals surface area contributed by atoms with Crippen molar-refractivity contribution in [3.63, 3.8) is 0 Å². The smallest absolute Gasteiger partial charge is 0.337 e. The van der Waals surface area contributed by atoms with Crippen molar-refractivity contribution in [1.82, 2.24) is 4.98 Å². The molecule has 5 heteroatoms. The first-order valence-electron chi connectivity index (χ1n) is 9.74. The van der Waals surface area contributed by atoms with Crippen LogP contribution in [0.25, 0.3) is 11.3 Å². The van der Waals surface area contributed by atoms with E-state index in [0.717, 1.165) is 12.0 Å². The Morgan fingerprint density at radius 3 is 2.50 bits per heavy atom. The maximum absolute atomic E-state index is 11.4. The first-order valence-corrected chi connectivity index (χ1v) is 9.74. The average Bonchev–Trinajstić information content (AvgIpc) is 2.73. The van der Waals surface area contributed by atoms with E-state index in [4.69, 9.17) is 4.74 Å². The molecular formula is C25H24N2O3. The molecule has 0 spiro atoms. The molecule has 0 aliphatic carbocycles. The van der Waals surface area contributed by atoms with Gasteiger partial charge in [-0.2, -0.15) is 5.26 Å². The Morgan fingerprint density at radius 1 is 1.13 bits per heavy atom. The number of nitriles is 1. The number of hydrogen-bond donors (Lipinski definition) is 1. The molecule has 5 nitrogen and oxygen atoms in total. The van der Waals surface area contributed by atoms with Crippen LogP contribution < -0.4 is 4.74 Å². The predicted octanol–water partition coefficient (Wildman–Crippen LogP) is 5.24. The van der Waals surface area contributed by atoms with E-state index in [1.54, 1.807) is 24.3 Å². The van der Waals surface area contributed by atoms with Gasteiger partial charge < -0.3 is 9.84 Å². The fraction of sp³-hybridized carbons (Fsp3) is 0.240. The number of carbonyl (C=O) groups is 1. The standard InChI is InChI=1S/C25H24N2O3/c1-25(2,3)20-9-6-17(7-10-20)12-14-30-22-11-8-18(15-19(22)16-26)23-21(24(28)29)5-4-13-27-23/h4-11,13,15H,12,14H2,1-3H3,(H,28,29). The van der Waals surface area contributed by atoms with E-state index < -0.39 is 5.97 Å². The van der Waals surface area contributed by atoms with E-state index in [1.165, 1.54) is 17.8 Å². The second-order valence-electron chi connectivity index (χ2n) is 8.07. The Labute approximate surface area is 176 Å². The fourth-order valence-electron chi connectivity index (χ4n) is 3.15. The number of nitrogens with zero attached hydrogens (tertiary/aromatic N) is 2. The van der Waals surface area contributed by atoms with Gasteiger partial charge in [-0.1, -0.05) is 45.0 Å². The second kappa shape index (κ2) is 8.79. The molecule has 0 aliphatic heterocycles. The molecule has 0 unspecified atom stereocenters. The summed E-state index contributed by atoms with van der Waals surface area (Å²) < 4.78 is 5.84. The Balaban J connectivity index is 1.72. The van der Waals surface area contributed by atoms with Crippen molar-refractivity contribution in [3.05, 3.63) is 83.0 Å². The van der Waals surface area contributed by atoms with Gasteiger partial charge in [-0.15, -0.1) is 0 Å². The molecule has 0 saturated carbocycles. The molecule has 0 atom stereocenters. The molecule has 0 amide bonds. The number of hydrogen-bond acceptors (Lipinski definition) is 4. The number of carboxylic acids is 1. The van der Waals surface area contributed by atoms with Gasteiger partial charge in [0.25, 0.3) is 0 Å². The van der Waals surface area contributed by atoms with Crippen molar-refractivity contribution >= 4 is 5.97 Å². The minimum atomic E-state index is -1.06. The lowest BCUT2D eigenvalue weighted by molar-refractivity contribution is 0.0697. The number of rotatable bonds is 6. The van der Waals surface area contributed by atoms with Gasteiger partial charge >= 0.3 is 5.97 Å². The molecule has 30 heavy (non-hydrogen) atoms. The average molecular weight is 400 g/mol. The highest BCUT2D eigenvalue weighted by atomic mass is 16.5. The second-order valence-corrected chi connectivity index (χ2v) is 8.07. The van der Waals surface area contributed by atoms with Crippen molar-refractivity contribution in [2.24, 2.45) is 0 Å². The summed E-state index contributed by atoms with van der Waals surface area (Å²) in [5.74, 6) is -0.588. The van der Waals surface area contributed by atoms with Crippen LogP contribution in [0.4, 0.5) is 0 Å². The fourth-order valence-corrected chi connectivity index (χ4v) is 3.15. The third kappa shape index (κ3) is 4.84. The lowest BCUT2D eigenvalue weighted by atomic mass is 9.86. The van der Waals surface area contributed by atoms with Crippen molar-refractivity contribution in [2.75, 3.05) is 6.61 Å². The Kier molecular flexibility index (Phi) is 6.17. The summed E-state index contributed by atoms with van der Waals surface area (Å²) in [6, 6.07) is 18.7. The zero-order valence-corrected chi connectivity index (χ0v) is 17.3. The zero-order chi connectivity index (χ0) is 21.7. The molecule has 1 heterocycles. The summed E-state index contributed by atoms with van der Waals surface area (Å²) >= 11 is 0. The van der Waals surface area contributed by atoms with Gasteiger partial charge in [-0.25, -0.2) is 4.79 Å². The van der Waals surface area contributed by atoms with E-state index >= 15 is 0 Å². The van der Waals surface area contributed by atoms with Gasteiger partial charge in [0.05, 0.1) is 23.4 Å². The van der Waals surface area contributed by atoms with Gasteiger partial charge in [0.1, 0.15) is 11.8 Å². The highest BCUT2D eigenvalue weighted by molar-refractivity contribution is 5.94. The van der Waals surface area contributed by atoms with Crippen LogP contribution in [-0.2, 0) is 11.8 Å². The van der Waals surface area contributed by atoms with Gasteiger partial charge in [-0.05, 0) is 46.9 Å². The molecule has 3 aromatic rings. The molecule has 0 radical (unpaired) electrons. The summed E-state index contributed by atoms with van der Waals surface area (Å²) in [5.41, 5.74) is 3.89. The van der Waals surface area contributed by atoms with Crippen LogP contribution in [0.1, 0.15) is 47.8 Å². The van der Waals surface area contributed by atoms with Crippen molar-refractivity contribution in [1.29, 1.82) is 5.26 Å². The molecule has 1 aromatic heterocycles. The van der Waals surface area contributed by atoms with E-state index in [9.17, 15) is 15.2 Å². The van der Waals surface area contributed by atoms with Gasteiger partial charge in [-0.3, -0.25) is 4.98 Å². The molecule has 1 N–H and O–H groups in total. The Bertz CT molecular complexity index is 1090. The topological polar surface area (TPSA) is 83.2 Å². The molecule has 0 saturated heterocycles. The monoisotopic (exact) mass is 400 g/mol. The van der Waals surface area contributed by atoms with Crippen LogP contribution in [-0.4, -0.2) is 22.7 Å². The van der Waals surface area contributed by atoms with Crippen LogP contribution in [0, 0.1) is 11.3 Å². The molecule has 0 bridgehead atoms. The van der Waals surface area contributed by atoms with Gasteiger partial charge in [0.15, 0.2) is 0 Å². The number of ether oxygens (including phenoxy) is 1. The quantitative estimate of drug-likeness (QED) is 0.612. The van der Waals surface area contributed by atoms with Crippen molar-refractivity contribution < 1.29 is 14.6 Å². The lowest BCUT2D eigenvalue weighted by Crippen LogP contribution is -2.11. The summed E-state index contributed by atoms with van der Waals surface area (Å²) in [7, 11) is 0. The number of carboxylic acid groups (broad SMARTS) is 1. The van der Waals surface area contributed by atoms with E-state index in [0.29, 0.717) is 29.2 Å². The van der Waals surface area contributed by atoms with E-state index in [2.05, 4.69) is 56.1 Å². The summed E-state index contributed by atoms with van der Waals surface area (Å²) in [6.07, 6.45) is 2.25. The number of aromatic carboxylic acids is 1. The van der Waals surface area contributed by atoms with Gasteiger partial charge in [0, 0.05) is 18.2 Å². The zero-order valence-electron chi connectivity index (χ0n) is 17.3. The van der Waals surface area contributed by atoms with Crippen LogP contribution in [0.5, 0.6) is 5.75 Å². The number of benzene rings is 2. The van der Waals surface area contributed by atoms with E-state index in [-0.39, 0.29) is 11.0 Å². The molecule has 152 valence electrons. The molecule has 0 fully saturated rings. The molecular weight excluding hydrogens is 376 g/mol. The number of pyridine rings is 1. The molecule has 0 aliphatic rings. The van der Waals surface area contributed by atoms with Crippen LogP contribution in [0.15, 0.2) is 60.8 Å². The third-order valence-electron chi connectivity index (χ3n) is 4.88. The minimum absolute atomic E-state index is 0.0914. The minimum Gasteiger partial charge on any atom is -0.492 e. The Hall–Kier alpha value is -3.65. The van der Waals surface area contributed by atoms with E-state index in [1.807, 2.05) is 0 Å². The molecule has 3 rings (SSSR count). The van der Waals surface area contributed by atoms with Crippen molar-refractivity contribution in [2.45, 2.75) is 32.6 Å². The summed E-state index contributed by atoms with van der Waals surface area (Å²) in [4.78, 5) is 15.6. The number of aromatic nitrogens is 1. The third-order valence-corrected chi connectivity index (χ3v) is 4.88. The lowest BCUT2D eigenvalue weighted by Gasteiger charge is -2.19. The van der Waals surface area contributed by atoms with Crippen LogP contribution in [0.2, 0.25) is 0 Å². The normalized spacial score (nSPS) is 11.0. The predicted molar refractivity (Wildman–Crippen MR) is 116 cm³/mol. The maximum Gasteiger partial charge on any atom is 0.337 e. The van der Waals surface area contributed by atoms with Crippen molar-refractivity contribution in [3.8, 4) is 23.1 Å². The SMILES string of the molecule is CC(C)(C)c1ccc(CCOc2ccc(-c3ncccc3C(=O)O)cc2C#N)cc1.